The molecule has 0 aliphatic carbocycles. The molecule has 6 aromatic rings. The quantitative estimate of drug-likeness (QED) is 0.144. The van der Waals surface area contributed by atoms with Gasteiger partial charge in [0.2, 0.25) is 0 Å². The summed E-state index contributed by atoms with van der Waals surface area (Å²) in [7, 11) is 4.73. The van der Waals surface area contributed by atoms with E-state index in [9.17, 15) is 0 Å². The van der Waals surface area contributed by atoms with Crippen molar-refractivity contribution in [2.75, 3.05) is 27.3 Å². The molecule has 0 fully saturated rings. The Morgan fingerprint density at radius 1 is 0.455 bits per heavy atom. The van der Waals surface area contributed by atoms with Crippen LogP contribution in [-0.4, -0.2) is 31.8 Å². The summed E-state index contributed by atoms with van der Waals surface area (Å²) in [6.07, 6.45) is 1.77. The summed E-state index contributed by atoms with van der Waals surface area (Å²) in [4.78, 5) is 0. The van der Waals surface area contributed by atoms with Crippen molar-refractivity contribution in [1.29, 1.82) is 0 Å². The molecule has 0 heterocycles. The van der Waals surface area contributed by atoms with Crippen LogP contribution in [0.2, 0.25) is 0 Å². The predicted molar refractivity (Wildman–Crippen MR) is 179 cm³/mol. The lowest BCUT2D eigenvalue weighted by Gasteiger charge is -2.45. The maximum Gasteiger partial charge on any atom is 0.127 e. The van der Waals surface area contributed by atoms with Crippen molar-refractivity contribution in [3.8, 4) is 11.5 Å². The molecule has 0 aromatic heterocycles. The lowest BCUT2D eigenvalue weighted by molar-refractivity contribution is -0.951. The first kappa shape index (κ1) is 31.1. The Bertz CT molecular complexity index is 1630. The first-order chi connectivity index (χ1) is 21.1. The highest BCUT2D eigenvalue weighted by Gasteiger charge is 2.38. The molecular weight excluding hydrogens is 562 g/mol. The second-order valence-electron chi connectivity index (χ2n) is 11.7. The third-order valence-corrected chi connectivity index (χ3v) is 8.77. The largest absolute Gasteiger partial charge is 1.00 e. The van der Waals surface area contributed by atoms with Gasteiger partial charge in [-0.05, 0) is 22.9 Å². The van der Waals surface area contributed by atoms with Crippen LogP contribution in [-0.2, 0) is 0 Å². The fourth-order valence-electron chi connectivity index (χ4n) is 6.54. The number of hydrogen-bond acceptors (Lipinski definition) is 2. The van der Waals surface area contributed by atoms with Gasteiger partial charge in [0.05, 0.1) is 27.3 Å². The fraction of sp³-hybridized carbons (Fsp3) is 0.200. The van der Waals surface area contributed by atoms with Crippen molar-refractivity contribution in [2.45, 2.75) is 24.9 Å². The molecule has 2 atom stereocenters. The Balaban J connectivity index is 0.00000384. The summed E-state index contributed by atoms with van der Waals surface area (Å²) in [6.45, 7) is 1.26. The van der Waals surface area contributed by atoms with Gasteiger partial charge in [-0.25, -0.2) is 0 Å². The van der Waals surface area contributed by atoms with Crippen molar-refractivity contribution < 1.29 is 26.4 Å². The molecule has 3 nitrogen and oxygen atoms in total. The van der Waals surface area contributed by atoms with Gasteiger partial charge in [0.15, 0.2) is 0 Å². The monoisotopic (exact) mass is 601 g/mol. The Labute approximate surface area is 267 Å². The van der Waals surface area contributed by atoms with E-state index in [2.05, 4.69) is 160 Å². The Morgan fingerprint density at radius 2 is 0.818 bits per heavy atom. The molecule has 4 heteroatoms. The van der Waals surface area contributed by atoms with Crippen LogP contribution < -0.4 is 21.9 Å². The maximum absolute atomic E-state index is 6.50. The number of ether oxygens (including phenoxy) is 2. The second-order valence-corrected chi connectivity index (χ2v) is 11.7. The normalized spacial score (nSPS) is 12.8. The third kappa shape index (κ3) is 6.91. The number of quaternary nitrogens is 1. The first-order valence-electron chi connectivity index (χ1n) is 15.3. The predicted octanol–water partition coefficient (Wildman–Crippen LogP) is 6.79. The van der Waals surface area contributed by atoms with Gasteiger partial charge in [0.1, 0.15) is 23.6 Å². The number of rotatable bonds is 12. The average molecular weight is 602 g/mol. The van der Waals surface area contributed by atoms with Gasteiger partial charge in [-0.1, -0.05) is 133 Å². The second kappa shape index (κ2) is 14.4. The van der Waals surface area contributed by atoms with E-state index in [1.54, 1.807) is 0 Å². The standard InChI is InChI=1S/C40H40NO2.ClH/c1-41(2,37(33-17-5-3-6-18-33)27-29-42-39-25-13-21-31-15-9-11-23-35(31)39)38(34-19-7-4-8-20-34)28-30-43-40-26-14-22-32-16-10-12-24-36(32)40;/h3-26,37-38H,27-30H2,1-2H3;1H/q+1;/p-1. The highest BCUT2D eigenvalue weighted by Crippen LogP contribution is 2.40. The number of hydrogen-bond donors (Lipinski definition) is 0. The topological polar surface area (TPSA) is 18.5 Å². The van der Waals surface area contributed by atoms with E-state index in [1.165, 1.54) is 21.9 Å². The van der Waals surface area contributed by atoms with Gasteiger partial charge in [-0.2, -0.15) is 0 Å². The van der Waals surface area contributed by atoms with Crippen LogP contribution in [0.15, 0.2) is 146 Å². The first-order valence-corrected chi connectivity index (χ1v) is 15.3. The molecular formula is C40H40ClNO2. The molecule has 6 rings (SSSR count). The highest BCUT2D eigenvalue weighted by atomic mass is 35.5. The Morgan fingerprint density at radius 3 is 1.25 bits per heavy atom. The van der Waals surface area contributed by atoms with Gasteiger partial charge in [-0.3, -0.25) is 0 Å². The summed E-state index contributed by atoms with van der Waals surface area (Å²) in [6, 6.07) is 51.7. The average Bonchev–Trinajstić information content (AvgIpc) is 3.06. The van der Waals surface area contributed by atoms with Crippen molar-refractivity contribution in [1.82, 2.24) is 0 Å². The SMILES string of the molecule is C[N+](C)(C(CCOc1cccc2ccccc12)c1ccccc1)C(CCOc1cccc2ccccc12)c1ccccc1.[Cl-]. The van der Waals surface area contributed by atoms with Crippen LogP contribution in [0.3, 0.4) is 0 Å². The molecule has 0 spiro atoms. The Hall–Kier alpha value is -4.31. The van der Waals surface area contributed by atoms with Gasteiger partial charge >= 0.3 is 0 Å². The van der Waals surface area contributed by atoms with Gasteiger partial charge in [-0.15, -0.1) is 0 Å². The molecule has 0 aliphatic rings. The number of nitrogens with zero attached hydrogens (tertiary/aromatic N) is 1. The minimum Gasteiger partial charge on any atom is -1.00 e. The van der Waals surface area contributed by atoms with E-state index < -0.39 is 0 Å². The molecule has 0 amide bonds. The van der Waals surface area contributed by atoms with Crippen LogP contribution in [0.1, 0.15) is 36.1 Å². The van der Waals surface area contributed by atoms with E-state index in [1.807, 2.05) is 0 Å². The summed E-state index contributed by atoms with van der Waals surface area (Å²) in [5.41, 5.74) is 2.65. The maximum atomic E-state index is 6.50. The summed E-state index contributed by atoms with van der Waals surface area (Å²) >= 11 is 0. The molecule has 2 unspecified atom stereocenters. The van der Waals surface area contributed by atoms with E-state index in [-0.39, 0.29) is 24.5 Å². The van der Waals surface area contributed by atoms with Crippen molar-refractivity contribution in [2.24, 2.45) is 0 Å². The fourth-order valence-corrected chi connectivity index (χ4v) is 6.54. The van der Waals surface area contributed by atoms with Gasteiger partial charge < -0.3 is 26.4 Å². The smallest absolute Gasteiger partial charge is 0.127 e. The number of benzene rings is 6. The van der Waals surface area contributed by atoms with Crippen LogP contribution in [0.25, 0.3) is 21.5 Å². The van der Waals surface area contributed by atoms with Crippen molar-refractivity contribution in [3.63, 3.8) is 0 Å². The Kier molecular flexibility index (Phi) is 10.2. The van der Waals surface area contributed by atoms with E-state index >= 15 is 0 Å². The van der Waals surface area contributed by atoms with Crippen LogP contribution in [0, 0.1) is 0 Å². The van der Waals surface area contributed by atoms with E-state index in [0.717, 1.165) is 39.6 Å². The molecule has 0 saturated carbocycles. The molecule has 224 valence electrons. The lowest BCUT2D eigenvalue weighted by atomic mass is 9.93. The zero-order valence-corrected chi connectivity index (χ0v) is 26.2. The van der Waals surface area contributed by atoms with Crippen molar-refractivity contribution in [3.05, 3.63) is 157 Å². The van der Waals surface area contributed by atoms with Gasteiger partial charge in [0.25, 0.3) is 0 Å². The third-order valence-electron chi connectivity index (χ3n) is 8.77. The molecule has 44 heavy (non-hydrogen) atoms. The molecule has 0 N–H and O–H groups in total. The molecule has 0 aliphatic heterocycles. The minimum absolute atomic E-state index is 0. The lowest BCUT2D eigenvalue weighted by Crippen LogP contribution is -3.00. The molecule has 0 saturated heterocycles. The van der Waals surface area contributed by atoms with E-state index in [0.29, 0.717) is 13.2 Å². The summed E-state index contributed by atoms with van der Waals surface area (Å²) < 4.78 is 13.8. The molecule has 0 bridgehead atoms. The highest BCUT2D eigenvalue weighted by molar-refractivity contribution is 5.88. The van der Waals surface area contributed by atoms with Gasteiger partial charge in [0, 0.05) is 34.7 Å². The minimum atomic E-state index is 0. The zero-order chi connectivity index (χ0) is 29.5. The zero-order valence-electron chi connectivity index (χ0n) is 25.5. The van der Waals surface area contributed by atoms with Crippen LogP contribution >= 0.6 is 0 Å². The van der Waals surface area contributed by atoms with Crippen LogP contribution in [0.4, 0.5) is 0 Å². The molecule has 6 aromatic carbocycles. The molecule has 0 radical (unpaired) electrons. The summed E-state index contributed by atoms with van der Waals surface area (Å²) in [5, 5.41) is 4.71. The van der Waals surface area contributed by atoms with Crippen molar-refractivity contribution >= 4 is 21.5 Å². The van der Waals surface area contributed by atoms with Crippen LogP contribution in [0.5, 0.6) is 11.5 Å². The number of fused-ring (bicyclic) bond motifs is 2. The van der Waals surface area contributed by atoms with E-state index in [4.69, 9.17) is 9.47 Å². The number of halogens is 1. The summed E-state index contributed by atoms with van der Waals surface area (Å²) in [5.74, 6) is 1.89.